The van der Waals surface area contributed by atoms with Crippen LogP contribution in [0.3, 0.4) is 0 Å². The van der Waals surface area contributed by atoms with Gasteiger partial charge in [-0.15, -0.1) is 0 Å². The molecule has 1 amide bonds. The van der Waals surface area contributed by atoms with Crippen molar-refractivity contribution in [3.8, 4) is 0 Å². The summed E-state index contributed by atoms with van der Waals surface area (Å²) in [7, 11) is 1.63. The first-order valence-corrected chi connectivity index (χ1v) is 7.53. The van der Waals surface area contributed by atoms with Crippen LogP contribution in [0.15, 0.2) is 51.4 Å². The molecule has 0 radical (unpaired) electrons. The molecule has 2 aromatic rings. The molecule has 1 N–H and O–H groups in total. The quantitative estimate of drug-likeness (QED) is 0.816. The minimum Gasteiger partial charge on any atom is -0.380 e. The lowest BCUT2D eigenvalue weighted by atomic mass is 10.1. The number of hydrogen-bond donors (Lipinski definition) is 1. The number of halogens is 2. The molecule has 0 heterocycles. The normalized spacial score (nSPS) is 10.3. The summed E-state index contributed by atoms with van der Waals surface area (Å²) >= 11 is 6.76. The average molecular weight is 399 g/mol. The summed E-state index contributed by atoms with van der Waals surface area (Å²) in [6.07, 6.45) is 0. The topological polar surface area (TPSA) is 38.3 Å². The Morgan fingerprint density at radius 3 is 2.70 bits per heavy atom. The molecule has 0 fully saturated rings. The van der Waals surface area contributed by atoms with Crippen molar-refractivity contribution in [2.24, 2.45) is 0 Å². The van der Waals surface area contributed by atoms with Gasteiger partial charge in [-0.25, -0.2) is 0 Å². The summed E-state index contributed by atoms with van der Waals surface area (Å²) in [5, 5.41) is 2.91. The van der Waals surface area contributed by atoms with Crippen molar-refractivity contribution in [3.63, 3.8) is 0 Å². The molecule has 5 heteroatoms. The van der Waals surface area contributed by atoms with E-state index < -0.39 is 0 Å². The summed E-state index contributed by atoms with van der Waals surface area (Å²) in [6, 6.07) is 13.1. The fourth-order valence-corrected chi connectivity index (χ4v) is 2.57. The van der Waals surface area contributed by atoms with E-state index in [2.05, 4.69) is 37.2 Å². The summed E-state index contributed by atoms with van der Waals surface area (Å²) < 4.78 is 6.74. The highest BCUT2D eigenvalue weighted by Crippen LogP contribution is 2.23. The first kappa shape index (κ1) is 15.2. The molecular formula is C15H13Br2NO2. The van der Waals surface area contributed by atoms with Crippen molar-refractivity contribution in [2.75, 3.05) is 12.4 Å². The Bertz CT molecular complexity index is 629. The first-order valence-electron chi connectivity index (χ1n) is 5.95. The van der Waals surface area contributed by atoms with Gasteiger partial charge in [0.25, 0.3) is 5.91 Å². The molecule has 0 spiro atoms. The molecule has 0 atom stereocenters. The summed E-state index contributed by atoms with van der Waals surface area (Å²) in [5.41, 5.74) is 2.27. The lowest BCUT2D eigenvalue weighted by Crippen LogP contribution is -2.14. The molecule has 2 rings (SSSR count). The SMILES string of the molecule is COCc1ccccc1NC(=O)c1cc(Br)ccc1Br. The third kappa shape index (κ3) is 3.69. The number of hydrogen-bond acceptors (Lipinski definition) is 2. The van der Waals surface area contributed by atoms with Crippen molar-refractivity contribution >= 4 is 43.5 Å². The van der Waals surface area contributed by atoms with Crippen LogP contribution in [0.1, 0.15) is 15.9 Å². The van der Waals surface area contributed by atoms with E-state index in [9.17, 15) is 4.79 Å². The second kappa shape index (κ2) is 7.02. The Kier molecular flexibility index (Phi) is 5.34. The molecule has 20 heavy (non-hydrogen) atoms. The number of anilines is 1. The molecule has 0 aliphatic heterocycles. The fourth-order valence-electron chi connectivity index (χ4n) is 1.78. The monoisotopic (exact) mass is 397 g/mol. The van der Waals surface area contributed by atoms with Gasteiger partial charge in [-0.3, -0.25) is 4.79 Å². The van der Waals surface area contributed by atoms with Gasteiger partial charge in [0.05, 0.1) is 12.2 Å². The van der Waals surface area contributed by atoms with Gasteiger partial charge >= 0.3 is 0 Å². The van der Waals surface area contributed by atoms with E-state index in [0.717, 1.165) is 20.2 Å². The Morgan fingerprint density at radius 1 is 1.20 bits per heavy atom. The predicted octanol–water partition coefficient (Wildman–Crippen LogP) is 4.61. The van der Waals surface area contributed by atoms with Gasteiger partial charge in [0.2, 0.25) is 0 Å². The van der Waals surface area contributed by atoms with Gasteiger partial charge in [-0.05, 0) is 40.2 Å². The summed E-state index contributed by atoms with van der Waals surface area (Å²) in [4.78, 5) is 12.3. The molecule has 2 aromatic carbocycles. The Balaban J connectivity index is 2.26. The number of methoxy groups -OCH3 is 1. The minimum atomic E-state index is -0.165. The molecule has 104 valence electrons. The Hall–Kier alpha value is -1.17. The van der Waals surface area contributed by atoms with E-state index in [-0.39, 0.29) is 5.91 Å². The van der Waals surface area contributed by atoms with Crippen LogP contribution in [0, 0.1) is 0 Å². The average Bonchev–Trinajstić information content (AvgIpc) is 2.44. The maximum Gasteiger partial charge on any atom is 0.256 e. The minimum absolute atomic E-state index is 0.165. The van der Waals surface area contributed by atoms with Crippen molar-refractivity contribution in [1.82, 2.24) is 0 Å². The van der Waals surface area contributed by atoms with Crippen molar-refractivity contribution in [2.45, 2.75) is 6.61 Å². The molecule has 0 bridgehead atoms. The molecule has 0 saturated carbocycles. The zero-order valence-electron chi connectivity index (χ0n) is 10.8. The van der Waals surface area contributed by atoms with Crippen LogP contribution in [0.25, 0.3) is 0 Å². The highest BCUT2D eigenvalue weighted by atomic mass is 79.9. The number of nitrogens with one attached hydrogen (secondary N) is 1. The number of para-hydroxylation sites is 1. The van der Waals surface area contributed by atoms with Crippen LogP contribution < -0.4 is 5.32 Å². The predicted molar refractivity (Wildman–Crippen MR) is 87.0 cm³/mol. The van der Waals surface area contributed by atoms with E-state index in [0.29, 0.717) is 12.2 Å². The van der Waals surface area contributed by atoms with Crippen LogP contribution in [0.4, 0.5) is 5.69 Å². The van der Waals surface area contributed by atoms with E-state index >= 15 is 0 Å². The number of rotatable bonds is 4. The number of carbonyl (C=O) groups is 1. The molecule has 0 saturated heterocycles. The maximum atomic E-state index is 12.3. The first-order chi connectivity index (χ1) is 9.61. The zero-order chi connectivity index (χ0) is 14.5. The van der Waals surface area contributed by atoms with Crippen molar-refractivity contribution in [1.29, 1.82) is 0 Å². The van der Waals surface area contributed by atoms with Crippen molar-refractivity contribution < 1.29 is 9.53 Å². The highest BCUT2D eigenvalue weighted by Gasteiger charge is 2.12. The van der Waals surface area contributed by atoms with Gasteiger partial charge in [-0.1, -0.05) is 34.1 Å². The lowest BCUT2D eigenvalue weighted by molar-refractivity contribution is 0.102. The molecular weight excluding hydrogens is 386 g/mol. The summed E-state index contributed by atoms with van der Waals surface area (Å²) in [6.45, 7) is 0.454. The number of amides is 1. The third-order valence-electron chi connectivity index (χ3n) is 2.74. The second-order valence-corrected chi connectivity index (χ2v) is 5.94. The standard InChI is InChI=1S/C15H13Br2NO2/c1-20-9-10-4-2-3-5-14(10)18-15(19)12-8-11(16)6-7-13(12)17/h2-8H,9H2,1H3,(H,18,19). The molecule has 0 aliphatic rings. The van der Waals surface area contributed by atoms with Crippen LogP contribution in [-0.2, 0) is 11.3 Å². The summed E-state index contributed by atoms with van der Waals surface area (Å²) in [5.74, 6) is -0.165. The number of carbonyl (C=O) groups excluding carboxylic acids is 1. The van der Waals surface area contributed by atoms with E-state index in [1.165, 1.54) is 0 Å². The van der Waals surface area contributed by atoms with Gasteiger partial charge < -0.3 is 10.1 Å². The molecule has 3 nitrogen and oxygen atoms in total. The Morgan fingerprint density at radius 2 is 1.95 bits per heavy atom. The highest BCUT2D eigenvalue weighted by molar-refractivity contribution is 9.11. The smallest absolute Gasteiger partial charge is 0.256 e. The number of benzene rings is 2. The van der Waals surface area contributed by atoms with E-state index in [4.69, 9.17) is 4.74 Å². The van der Waals surface area contributed by atoms with Crippen LogP contribution >= 0.6 is 31.9 Å². The maximum absolute atomic E-state index is 12.3. The van der Waals surface area contributed by atoms with E-state index in [1.807, 2.05) is 36.4 Å². The molecule has 0 aliphatic carbocycles. The largest absolute Gasteiger partial charge is 0.380 e. The third-order valence-corrected chi connectivity index (χ3v) is 3.92. The molecule has 0 aromatic heterocycles. The molecule has 0 unspecified atom stereocenters. The zero-order valence-corrected chi connectivity index (χ0v) is 14.0. The lowest BCUT2D eigenvalue weighted by Gasteiger charge is -2.11. The van der Waals surface area contributed by atoms with Gasteiger partial charge in [0.1, 0.15) is 0 Å². The second-order valence-electron chi connectivity index (χ2n) is 4.17. The van der Waals surface area contributed by atoms with Crippen LogP contribution in [0.2, 0.25) is 0 Å². The van der Waals surface area contributed by atoms with Crippen molar-refractivity contribution in [3.05, 3.63) is 62.5 Å². The van der Waals surface area contributed by atoms with Crippen LogP contribution in [-0.4, -0.2) is 13.0 Å². The fraction of sp³-hybridized carbons (Fsp3) is 0.133. The van der Waals surface area contributed by atoms with Gasteiger partial charge in [-0.2, -0.15) is 0 Å². The van der Waals surface area contributed by atoms with Crippen LogP contribution in [0.5, 0.6) is 0 Å². The van der Waals surface area contributed by atoms with Gasteiger partial charge in [0, 0.05) is 27.3 Å². The van der Waals surface area contributed by atoms with E-state index in [1.54, 1.807) is 13.2 Å². The Labute approximate surface area is 134 Å². The number of ether oxygens (including phenoxy) is 1. The van der Waals surface area contributed by atoms with Gasteiger partial charge in [0.15, 0.2) is 0 Å².